The lowest BCUT2D eigenvalue weighted by Crippen LogP contribution is -2.15. The largest absolute Gasteiger partial charge is 0.323 e. The van der Waals surface area contributed by atoms with Gasteiger partial charge in [-0.3, -0.25) is 9.78 Å². The second-order valence-electron chi connectivity index (χ2n) is 5.97. The van der Waals surface area contributed by atoms with Crippen LogP contribution < -0.4 is 5.32 Å². The van der Waals surface area contributed by atoms with Gasteiger partial charge in [0.15, 0.2) is 11.0 Å². The molecular weight excluding hydrogens is 394 g/mol. The van der Waals surface area contributed by atoms with Gasteiger partial charge in [-0.2, -0.15) is 8.75 Å². The number of fused-ring (bicyclic) bond motifs is 1. The summed E-state index contributed by atoms with van der Waals surface area (Å²) in [6.07, 6.45) is 4.40. The van der Waals surface area contributed by atoms with Gasteiger partial charge in [-0.25, -0.2) is 0 Å². The highest BCUT2D eigenvalue weighted by Crippen LogP contribution is 2.25. The van der Waals surface area contributed by atoms with E-state index in [0.717, 1.165) is 46.8 Å². The lowest BCUT2D eigenvalue weighted by molar-refractivity contribution is -0.113. The van der Waals surface area contributed by atoms with E-state index >= 15 is 0 Å². The molecule has 0 aliphatic rings. The van der Waals surface area contributed by atoms with Gasteiger partial charge in [-0.05, 0) is 30.7 Å². The summed E-state index contributed by atoms with van der Waals surface area (Å²) in [5.41, 5.74) is 3.11. The van der Waals surface area contributed by atoms with E-state index < -0.39 is 0 Å². The van der Waals surface area contributed by atoms with Crippen LogP contribution in [-0.2, 0) is 11.3 Å². The molecule has 4 rings (SSSR count). The number of aromatic nitrogens is 6. The van der Waals surface area contributed by atoms with E-state index in [9.17, 15) is 4.79 Å². The fourth-order valence-corrected chi connectivity index (χ4v) is 4.07. The predicted molar refractivity (Wildman–Crippen MR) is 110 cm³/mol. The van der Waals surface area contributed by atoms with Crippen molar-refractivity contribution < 1.29 is 4.79 Å². The van der Waals surface area contributed by atoms with Gasteiger partial charge in [0.05, 0.1) is 23.2 Å². The summed E-state index contributed by atoms with van der Waals surface area (Å²) in [7, 11) is 0. The predicted octanol–water partition coefficient (Wildman–Crippen LogP) is 3.49. The molecule has 10 heteroatoms. The summed E-state index contributed by atoms with van der Waals surface area (Å²) in [5.74, 6) is 0.888. The quantitative estimate of drug-likeness (QED) is 0.465. The number of benzene rings is 1. The molecule has 0 aliphatic heterocycles. The lowest BCUT2D eigenvalue weighted by atomic mass is 10.2. The highest BCUT2D eigenvalue weighted by Gasteiger charge is 2.16. The molecule has 3 aromatic heterocycles. The first-order valence-electron chi connectivity index (χ1n) is 8.74. The number of pyridine rings is 1. The van der Waals surface area contributed by atoms with Gasteiger partial charge < -0.3 is 9.88 Å². The molecule has 0 atom stereocenters. The Kier molecular flexibility index (Phi) is 5.58. The van der Waals surface area contributed by atoms with Gasteiger partial charge in [0.1, 0.15) is 11.0 Å². The fourth-order valence-electron chi connectivity index (χ4n) is 2.76. The molecule has 1 amide bonds. The average molecular weight is 412 g/mol. The van der Waals surface area contributed by atoms with Crippen molar-refractivity contribution in [2.24, 2.45) is 0 Å². The zero-order valence-corrected chi connectivity index (χ0v) is 16.7. The van der Waals surface area contributed by atoms with Crippen LogP contribution in [0, 0.1) is 0 Å². The minimum absolute atomic E-state index is 0.123. The zero-order valence-electron chi connectivity index (χ0n) is 15.1. The SMILES string of the molecule is CCCn1c(SCC(=O)Nc2cccc3nsnc23)nnc1-c1ccncc1. The van der Waals surface area contributed by atoms with Crippen molar-refractivity contribution in [2.75, 3.05) is 11.1 Å². The third kappa shape index (κ3) is 3.87. The Morgan fingerprint density at radius 2 is 2.04 bits per heavy atom. The molecule has 0 unspecified atom stereocenters. The van der Waals surface area contributed by atoms with Gasteiger partial charge in [-0.1, -0.05) is 24.8 Å². The molecule has 0 fully saturated rings. The number of carbonyl (C=O) groups is 1. The van der Waals surface area contributed by atoms with E-state index in [-0.39, 0.29) is 11.7 Å². The Hall–Kier alpha value is -2.85. The Morgan fingerprint density at radius 1 is 1.18 bits per heavy atom. The molecule has 0 saturated heterocycles. The first-order valence-corrected chi connectivity index (χ1v) is 10.5. The molecule has 0 radical (unpaired) electrons. The van der Waals surface area contributed by atoms with Crippen LogP contribution in [0.2, 0.25) is 0 Å². The van der Waals surface area contributed by atoms with Crippen molar-refractivity contribution in [1.29, 1.82) is 0 Å². The molecule has 3 heterocycles. The monoisotopic (exact) mass is 411 g/mol. The van der Waals surface area contributed by atoms with E-state index in [1.165, 1.54) is 11.8 Å². The normalized spacial score (nSPS) is 11.0. The maximum absolute atomic E-state index is 12.5. The van der Waals surface area contributed by atoms with Crippen molar-refractivity contribution in [3.63, 3.8) is 0 Å². The summed E-state index contributed by atoms with van der Waals surface area (Å²) in [5, 5.41) is 12.2. The molecule has 4 aromatic rings. The van der Waals surface area contributed by atoms with Gasteiger partial charge in [0, 0.05) is 24.5 Å². The standard InChI is InChI=1S/C18H17N7OS2/c1-2-10-25-17(12-6-8-19-9-7-12)21-22-18(25)27-11-15(26)20-13-4-3-5-14-16(13)24-28-23-14/h3-9H,2,10-11H2,1H3,(H,20,26). The topological polar surface area (TPSA) is 98.5 Å². The number of anilines is 1. The van der Waals surface area contributed by atoms with E-state index in [1.54, 1.807) is 12.4 Å². The van der Waals surface area contributed by atoms with Crippen molar-refractivity contribution in [3.05, 3.63) is 42.7 Å². The van der Waals surface area contributed by atoms with Gasteiger partial charge in [-0.15, -0.1) is 10.2 Å². The number of carbonyl (C=O) groups excluding carboxylic acids is 1. The van der Waals surface area contributed by atoms with Crippen LogP contribution in [0.15, 0.2) is 47.9 Å². The van der Waals surface area contributed by atoms with Crippen molar-refractivity contribution in [1.82, 2.24) is 28.5 Å². The Labute approximate surface area is 169 Å². The first-order chi connectivity index (χ1) is 13.8. The maximum atomic E-state index is 12.5. The Balaban J connectivity index is 1.48. The van der Waals surface area contributed by atoms with Crippen LogP contribution in [-0.4, -0.2) is 40.2 Å². The number of thioether (sulfide) groups is 1. The summed E-state index contributed by atoms with van der Waals surface area (Å²) in [4.78, 5) is 16.5. The molecule has 8 nitrogen and oxygen atoms in total. The number of hydrogen-bond donors (Lipinski definition) is 1. The van der Waals surface area contributed by atoms with Crippen LogP contribution in [0.1, 0.15) is 13.3 Å². The lowest BCUT2D eigenvalue weighted by Gasteiger charge is -2.09. The zero-order chi connectivity index (χ0) is 19.3. The average Bonchev–Trinajstić information content (AvgIpc) is 3.35. The minimum atomic E-state index is -0.123. The van der Waals surface area contributed by atoms with Crippen LogP contribution >= 0.6 is 23.5 Å². The van der Waals surface area contributed by atoms with E-state index in [0.29, 0.717) is 11.2 Å². The summed E-state index contributed by atoms with van der Waals surface area (Å²) < 4.78 is 10.5. The fraction of sp³-hybridized carbons (Fsp3) is 0.222. The van der Waals surface area contributed by atoms with Crippen molar-refractivity contribution in [3.8, 4) is 11.4 Å². The Bertz CT molecular complexity index is 1090. The van der Waals surface area contributed by atoms with Crippen LogP contribution in [0.5, 0.6) is 0 Å². The highest BCUT2D eigenvalue weighted by atomic mass is 32.2. The third-order valence-corrected chi connectivity index (χ3v) is 5.50. The molecule has 0 aliphatic carbocycles. The van der Waals surface area contributed by atoms with E-state index in [2.05, 4.69) is 36.2 Å². The minimum Gasteiger partial charge on any atom is -0.323 e. The van der Waals surface area contributed by atoms with Crippen LogP contribution in [0.25, 0.3) is 22.4 Å². The molecule has 142 valence electrons. The number of hydrogen-bond acceptors (Lipinski definition) is 8. The third-order valence-electron chi connectivity index (χ3n) is 4.00. The number of nitrogens with one attached hydrogen (secondary N) is 1. The molecule has 0 bridgehead atoms. The molecule has 0 saturated carbocycles. The van der Waals surface area contributed by atoms with Gasteiger partial charge in [0.25, 0.3) is 0 Å². The number of nitrogens with zero attached hydrogens (tertiary/aromatic N) is 6. The van der Waals surface area contributed by atoms with Crippen molar-refractivity contribution >= 4 is 46.1 Å². The highest BCUT2D eigenvalue weighted by molar-refractivity contribution is 7.99. The van der Waals surface area contributed by atoms with Crippen molar-refractivity contribution in [2.45, 2.75) is 25.0 Å². The molecule has 0 spiro atoms. The first kappa shape index (κ1) is 18.5. The molecule has 1 aromatic carbocycles. The second kappa shape index (κ2) is 8.44. The second-order valence-corrected chi connectivity index (χ2v) is 7.44. The molecular formula is C18H17N7OS2. The number of amides is 1. The maximum Gasteiger partial charge on any atom is 0.234 e. The number of rotatable bonds is 7. The van der Waals surface area contributed by atoms with Gasteiger partial charge >= 0.3 is 0 Å². The van der Waals surface area contributed by atoms with E-state index in [1.807, 2.05) is 34.9 Å². The van der Waals surface area contributed by atoms with E-state index in [4.69, 9.17) is 0 Å². The summed E-state index contributed by atoms with van der Waals surface area (Å²) in [6.45, 7) is 2.87. The van der Waals surface area contributed by atoms with Crippen LogP contribution in [0.3, 0.4) is 0 Å². The molecule has 1 N–H and O–H groups in total. The van der Waals surface area contributed by atoms with Crippen LogP contribution in [0.4, 0.5) is 5.69 Å². The summed E-state index contributed by atoms with van der Waals surface area (Å²) >= 11 is 2.50. The van der Waals surface area contributed by atoms with Gasteiger partial charge in [0.2, 0.25) is 5.91 Å². The summed E-state index contributed by atoms with van der Waals surface area (Å²) in [6, 6.07) is 9.36. The smallest absolute Gasteiger partial charge is 0.234 e. The Morgan fingerprint density at radius 3 is 2.86 bits per heavy atom. The molecule has 28 heavy (non-hydrogen) atoms.